The van der Waals surface area contributed by atoms with Gasteiger partial charge in [0.25, 0.3) is 0 Å². The Bertz CT molecular complexity index is 827. The maximum Gasteiger partial charge on any atom is 0.190 e. The summed E-state index contributed by atoms with van der Waals surface area (Å²) in [6, 6.07) is 8.14. The lowest BCUT2D eigenvalue weighted by Gasteiger charge is -2.12. The minimum absolute atomic E-state index is 0.184. The van der Waals surface area contributed by atoms with Crippen LogP contribution in [0.3, 0.4) is 0 Å². The molecular formula is C17H27N5O2S. The molecule has 2 N–H and O–H groups in total. The summed E-state index contributed by atoms with van der Waals surface area (Å²) in [4.78, 5) is 8.72. The number of para-hydroxylation sites is 2. The summed E-state index contributed by atoms with van der Waals surface area (Å²) < 4.78 is 24.4. The number of sulfone groups is 1. The van der Waals surface area contributed by atoms with Crippen LogP contribution in [0.2, 0.25) is 0 Å². The van der Waals surface area contributed by atoms with Gasteiger partial charge >= 0.3 is 0 Å². The Labute approximate surface area is 149 Å². The maximum atomic E-state index is 11.1. The van der Waals surface area contributed by atoms with Crippen LogP contribution in [0.15, 0.2) is 29.3 Å². The Morgan fingerprint density at radius 3 is 2.56 bits per heavy atom. The molecule has 0 saturated heterocycles. The first-order chi connectivity index (χ1) is 11.9. The van der Waals surface area contributed by atoms with Crippen molar-refractivity contribution >= 4 is 26.8 Å². The van der Waals surface area contributed by atoms with Crippen LogP contribution in [0, 0.1) is 6.92 Å². The van der Waals surface area contributed by atoms with Gasteiger partial charge in [0.15, 0.2) is 5.96 Å². The largest absolute Gasteiger partial charge is 0.356 e. The average molecular weight is 366 g/mol. The van der Waals surface area contributed by atoms with E-state index < -0.39 is 9.84 Å². The summed E-state index contributed by atoms with van der Waals surface area (Å²) in [7, 11) is -1.20. The number of rotatable bonds is 8. The summed E-state index contributed by atoms with van der Waals surface area (Å²) in [5, 5.41) is 6.38. The number of nitrogens with zero attached hydrogens (tertiary/aromatic N) is 3. The number of hydrogen-bond acceptors (Lipinski definition) is 4. The monoisotopic (exact) mass is 365 g/mol. The van der Waals surface area contributed by atoms with Crippen LogP contribution < -0.4 is 10.6 Å². The summed E-state index contributed by atoms with van der Waals surface area (Å²) in [6.45, 7) is 4.26. The molecule has 0 amide bonds. The lowest BCUT2D eigenvalue weighted by atomic mass is 10.3. The number of aromatic nitrogens is 2. The first-order valence-electron chi connectivity index (χ1n) is 8.45. The second-order valence-electron chi connectivity index (χ2n) is 6.06. The molecule has 138 valence electrons. The SMILES string of the molecule is CN=C(NCCCn1c(C)nc2ccccc21)NCCCS(C)(=O)=O. The fraction of sp³-hybridized carbons (Fsp3) is 0.529. The smallest absolute Gasteiger partial charge is 0.190 e. The van der Waals surface area contributed by atoms with Crippen molar-refractivity contribution in [1.29, 1.82) is 0 Å². The molecule has 7 nitrogen and oxygen atoms in total. The first-order valence-corrected chi connectivity index (χ1v) is 10.5. The fourth-order valence-corrected chi connectivity index (χ4v) is 3.35. The van der Waals surface area contributed by atoms with Gasteiger partial charge in [-0.3, -0.25) is 4.99 Å². The van der Waals surface area contributed by atoms with E-state index in [4.69, 9.17) is 0 Å². The molecule has 0 radical (unpaired) electrons. The van der Waals surface area contributed by atoms with Gasteiger partial charge in [-0.2, -0.15) is 0 Å². The van der Waals surface area contributed by atoms with Crippen molar-refractivity contribution in [3.63, 3.8) is 0 Å². The lowest BCUT2D eigenvalue weighted by molar-refractivity contribution is 0.597. The molecule has 8 heteroatoms. The Balaban J connectivity index is 1.75. The number of benzene rings is 1. The number of imidazole rings is 1. The molecule has 2 aromatic rings. The van der Waals surface area contributed by atoms with Gasteiger partial charge in [0.05, 0.1) is 16.8 Å². The molecule has 2 rings (SSSR count). The van der Waals surface area contributed by atoms with E-state index in [0.717, 1.165) is 36.4 Å². The van der Waals surface area contributed by atoms with E-state index in [1.54, 1.807) is 7.05 Å². The third-order valence-corrected chi connectivity index (χ3v) is 4.93. The van der Waals surface area contributed by atoms with Gasteiger partial charge in [0.2, 0.25) is 0 Å². The van der Waals surface area contributed by atoms with E-state index in [1.165, 1.54) is 6.26 Å². The Morgan fingerprint density at radius 1 is 1.20 bits per heavy atom. The molecule has 0 bridgehead atoms. The highest BCUT2D eigenvalue weighted by Gasteiger charge is 2.06. The van der Waals surface area contributed by atoms with Gasteiger partial charge < -0.3 is 15.2 Å². The van der Waals surface area contributed by atoms with Crippen molar-refractivity contribution in [2.75, 3.05) is 32.1 Å². The number of fused-ring (bicyclic) bond motifs is 1. The number of hydrogen-bond donors (Lipinski definition) is 2. The number of nitrogens with one attached hydrogen (secondary N) is 2. The van der Waals surface area contributed by atoms with Crippen LogP contribution in [0.1, 0.15) is 18.7 Å². The molecule has 1 aromatic heterocycles. The van der Waals surface area contributed by atoms with Crippen molar-refractivity contribution in [1.82, 2.24) is 20.2 Å². The number of aryl methyl sites for hydroxylation is 2. The molecular weight excluding hydrogens is 338 g/mol. The molecule has 1 aromatic carbocycles. The lowest BCUT2D eigenvalue weighted by Crippen LogP contribution is -2.38. The highest BCUT2D eigenvalue weighted by molar-refractivity contribution is 7.90. The molecule has 0 saturated carbocycles. The van der Waals surface area contributed by atoms with Gasteiger partial charge in [0.1, 0.15) is 15.7 Å². The minimum atomic E-state index is -2.91. The zero-order chi connectivity index (χ0) is 18.3. The Morgan fingerprint density at radius 2 is 1.88 bits per heavy atom. The summed E-state index contributed by atoms with van der Waals surface area (Å²) in [5.41, 5.74) is 2.18. The molecule has 1 heterocycles. The Kier molecular flexibility index (Phi) is 6.81. The normalized spacial score (nSPS) is 12.5. The summed E-state index contributed by atoms with van der Waals surface area (Å²) in [5.74, 6) is 1.90. The predicted molar refractivity (Wildman–Crippen MR) is 103 cm³/mol. The van der Waals surface area contributed by atoms with E-state index in [2.05, 4.69) is 31.2 Å². The van der Waals surface area contributed by atoms with Gasteiger partial charge in [0, 0.05) is 32.9 Å². The van der Waals surface area contributed by atoms with Crippen molar-refractivity contribution in [3.05, 3.63) is 30.1 Å². The molecule has 25 heavy (non-hydrogen) atoms. The number of aliphatic imine (C=N–C) groups is 1. The van der Waals surface area contributed by atoms with Crippen LogP contribution in [-0.4, -0.2) is 56.1 Å². The summed E-state index contributed by atoms with van der Waals surface area (Å²) in [6.07, 6.45) is 2.76. The van der Waals surface area contributed by atoms with Gasteiger partial charge in [-0.25, -0.2) is 13.4 Å². The molecule has 0 aliphatic carbocycles. The van der Waals surface area contributed by atoms with E-state index >= 15 is 0 Å². The van der Waals surface area contributed by atoms with Crippen LogP contribution in [-0.2, 0) is 16.4 Å². The molecule has 0 atom stereocenters. The fourth-order valence-electron chi connectivity index (χ4n) is 2.68. The van der Waals surface area contributed by atoms with Crippen molar-refractivity contribution in [2.45, 2.75) is 26.3 Å². The highest BCUT2D eigenvalue weighted by atomic mass is 32.2. The first kappa shape index (κ1) is 19.2. The zero-order valence-electron chi connectivity index (χ0n) is 15.1. The molecule has 0 unspecified atom stereocenters. The predicted octanol–water partition coefficient (Wildman–Crippen LogP) is 1.33. The standard InChI is InChI=1S/C17H27N5O2S/c1-14-21-15-8-4-5-9-16(15)22(14)12-6-10-19-17(18-2)20-11-7-13-25(3,23)24/h4-5,8-9H,6-7,10-13H2,1-3H3,(H2,18,19,20). The third kappa shape index (κ3) is 6.04. The third-order valence-electron chi connectivity index (χ3n) is 3.90. The molecule has 0 aliphatic heterocycles. The van der Waals surface area contributed by atoms with Crippen LogP contribution in [0.5, 0.6) is 0 Å². The second kappa shape index (κ2) is 8.84. The minimum Gasteiger partial charge on any atom is -0.356 e. The van der Waals surface area contributed by atoms with E-state index in [9.17, 15) is 8.42 Å². The van der Waals surface area contributed by atoms with Gasteiger partial charge in [-0.05, 0) is 31.9 Å². The van der Waals surface area contributed by atoms with Gasteiger partial charge in [-0.15, -0.1) is 0 Å². The van der Waals surface area contributed by atoms with Gasteiger partial charge in [-0.1, -0.05) is 12.1 Å². The van der Waals surface area contributed by atoms with E-state index in [0.29, 0.717) is 18.9 Å². The van der Waals surface area contributed by atoms with Crippen molar-refractivity contribution in [3.8, 4) is 0 Å². The van der Waals surface area contributed by atoms with E-state index in [1.807, 2.05) is 25.1 Å². The van der Waals surface area contributed by atoms with Crippen LogP contribution >= 0.6 is 0 Å². The van der Waals surface area contributed by atoms with E-state index in [-0.39, 0.29) is 5.75 Å². The zero-order valence-corrected chi connectivity index (χ0v) is 15.9. The second-order valence-corrected chi connectivity index (χ2v) is 8.32. The Hall–Kier alpha value is -2.09. The quantitative estimate of drug-likeness (QED) is 0.419. The molecule has 0 fully saturated rings. The van der Waals surface area contributed by atoms with Crippen LogP contribution in [0.25, 0.3) is 11.0 Å². The summed E-state index contributed by atoms with van der Waals surface area (Å²) >= 11 is 0. The maximum absolute atomic E-state index is 11.1. The topological polar surface area (TPSA) is 88.4 Å². The molecule has 0 spiro atoms. The molecule has 0 aliphatic rings. The van der Waals surface area contributed by atoms with Crippen molar-refractivity contribution < 1.29 is 8.42 Å². The van der Waals surface area contributed by atoms with Crippen molar-refractivity contribution in [2.24, 2.45) is 4.99 Å². The van der Waals surface area contributed by atoms with Crippen LogP contribution in [0.4, 0.5) is 0 Å². The number of guanidine groups is 1. The highest BCUT2D eigenvalue weighted by Crippen LogP contribution is 2.15. The average Bonchev–Trinajstić information content (AvgIpc) is 2.88.